The Labute approximate surface area is 134 Å². The summed E-state index contributed by atoms with van der Waals surface area (Å²) < 4.78 is 39.7. The maximum Gasteiger partial charge on any atom is 0.220 e. The van der Waals surface area contributed by atoms with Gasteiger partial charge in [-0.15, -0.1) is 11.3 Å². The molecule has 0 aliphatic carbocycles. The first-order chi connectivity index (χ1) is 10.3. The highest BCUT2D eigenvalue weighted by Gasteiger charge is 2.30. The van der Waals surface area contributed by atoms with Crippen molar-refractivity contribution in [2.45, 2.75) is 25.6 Å². The predicted molar refractivity (Wildman–Crippen MR) is 86.5 cm³/mol. The molecule has 1 aromatic heterocycles. The van der Waals surface area contributed by atoms with Crippen molar-refractivity contribution in [3.8, 4) is 0 Å². The molecule has 0 saturated heterocycles. The van der Waals surface area contributed by atoms with E-state index < -0.39 is 10.0 Å². The van der Waals surface area contributed by atoms with Gasteiger partial charge in [-0.1, -0.05) is 26.0 Å². The maximum atomic E-state index is 13.1. The Morgan fingerprint density at radius 3 is 2.41 bits per heavy atom. The normalized spacial score (nSPS) is 13.7. The van der Waals surface area contributed by atoms with Crippen molar-refractivity contribution < 1.29 is 12.8 Å². The van der Waals surface area contributed by atoms with E-state index in [2.05, 4.69) is 4.98 Å². The van der Waals surface area contributed by atoms with Gasteiger partial charge in [-0.05, 0) is 23.6 Å². The van der Waals surface area contributed by atoms with Crippen LogP contribution in [-0.2, 0) is 15.8 Å². The number of aromatic nitrogens is 1. The van der Waals surface area contributed by atoms with E-state index >= 15 is 0 Å². The fourth-order valence-electron chi connectivity index (χ4n) is 2.45. The summed E-state index contributed by atoms with van der Waals surface area (Å²) in [5, 5.41) is 1.73. The number of benzene rings is 1. The highest BCUT2D eigenvalue weighted by molar-refractivity contribution is 7.88. The molecular weight excluding hydrogens is 323 g/mol. The molecule has 0 amide bonds. The van der Waals surface area contributed by atoms with E-state index in [-0.39, 0.29) is 23.5 Å². The van der Waals surface area contributed by atoms with Gasteiger partial charge >= 0.3 is 0 Å². The van der Waals surface area contributed by atoms with E-state index in [0.29, 0.717) is 5.69 Å². The number of rotatable bonds is 6. The highest BCUT2D eigenvalue weighted by Crippen LogP contribution is 2.30. The summed E-state index contributed by atoms with van der Waals surface area (Å²) in [5.74, 6) is -0.405. The molecule has 0 bridgehead atoms. The first-order valence-electron chi connectivity index (χ1n) is 6.89. The Morgan fingerprint density at radius 1 is 1.27 bits per heavy atom. The number of nitrogens with zero attached hydrogens (tertiary/aromatic N) is 2. The molecule has 1 unspecified atom stereocenters. The van der Waals surface area contributed by atoms with Crippen LogP contribution in [0, 0.1) is 11.7 Å². The summed E-state index contributed by atoms with van der Waals surface area (Å²) >= 11 is 1.37. The van der Waals surface area contributed by atoms with Crippen molar-refractivity contribution in [1.29, 1.82) is 0 Å². The SMILES string of the molecule is CC(C)C(c1ccc(F)cc1)N(C)S(=O)(=O)Cc1cscn1. The van der Waals surface area contributed by atoms with Gasteiger partial charge < -0.3 is 0 Å². The van der Waals surface area contributed by atoms with Crippen molar-refractivity contribution in [1.82, 2.24) is 9.29 Å². The van der Waals surface area contributed by atoms with Gasteiger partial charge in [0.25, 0.3) is 0 Å². The highest BCUT2D eigenvalue weighted by atomic mass is 32.2. The van der Waals surface area contributed by atoms with Crippen LogP contribution in [0.25, 0.3) is 0 Å². The van der Waals surface area contributed by atoms with E-state index in [4.69, 9.17) is 0 Å². The van der Waals surface area contributed by atoms with Gasteiger partial charge in [0.2, 0.25) is 10.0 Å². The Kier molecular flexibility index (Phi) is 5.31. The van der Waals surface area contributed by atoms with E-state index in [0.717, 1.165) is 5.56 Å². The van der Waals surface area contributed by atoms with Crippen LogP contribution in [0.4, 0.5) is 4.39 Å². The van der Waals surface area contributed by atoms with Gasteiger partial charge in [-0.3, -0.25) is 0 Å². The summed E-state index contributed by atoms with van der Waals surface area (Å²) in [7, 11) is -1.94. The van der Waals surface area contributed by atoms with Crippen molar-refractivity contribution in [2.75, 3.05) is 7.05 Å². The first-order valence-corrected chi connectivity index (χ1v) is 9.44. The minimum absolute atomic E-state index is 0.0562. The van der Waals surface area contributed by atoms with Crippen LogP contribution < -0.4 is 0 Å². The van der Waals surface area contributed by atoms with E-state index in [9.17, 15) is 12.8 Å². The molecule has 4 nitrogen and oxygen atoms in total. The third-order valence-electron chi connectivity index (χ3n) is 3.49. The summed E-state index contributed by atoms with van der Waals surface area (Å²) in [5.41, 5.74) is 2.93. The average molecular weight is 342 g/mol. The van der Waals surface area contributed by atoms with Gasteiger partial charge in [-0.25, -0.2) is 17.8 Å². The summed E-state index contributed by atoms with van der Waals surface area (Å²) in [6.07, 6.45) is 0. The molecule has 0 aliphatic rings. The number of hydrogen-bond donors (Lipinski definition) is 0. The Bertz CT molecular complexity index is 698. The predicted octanol–water partition coefficient (Wildman–Crippen LogP) is 3.44. The minimum Gasteiger partial charge on any atom is -0.249 e. The van der Waals surface area contributed by atoms with Gasteiger partial charge in [0.1, 0.15) is 11.6 Å². The molecule has 0 saturated carbocycles. The number of hydrogen-bond acceptors (Lipinski definition) is 4. The molecular formula is C15H19FN2O2S2. The molecule has 1 aromatic carbocycles. The second-order valence-electron chi connectivity index (χ2n) is 5.49. The fraction of sp³-hybridized carbons (Fsp3) is 0.400. The van der Waals surface area contributed by atoms with E-state index in [1.807, 2.05) is 13.8 Å². The molecule has 2 aromatic rings. The van der Waals surface area contributed by atoms with Crippen LogP contribution in [0.1, 0.15) is 31.1 Å². The van der Waals surface area contributed by atoms with Crippen molar-refractivity contribution in [3.63, 3.8) is 0 Å². The molecule has 1 atom stereocenters. The van der Waals surface area contributed by atoms with Gasteiger partial charge in [0.05, 0.1) is 17.2 Å². The zero-order valence-corrected chi connectivity index (χ0v) is 14.4. The average Bonchev–Trinajstić information content (AvgIpc) is 2.93. The molecule has 1 heterocycles. The zero-order chi connectivity index (χ0) is 16.3. The van der Waals surface area contributed by atoms with Crippen LogP contribution in [0.5, 0.6) is 0 Å². The van der Waals surface area contributed by atoms with Crippen molar-refractivity contribution in [2.24, 2.45) is 5.92 Å². The standard InChI is InChI=1S/C15H19FN2O2S2/c1-11(2)15(12-4-6-13(16)7-5-12)18(3)22(19,20)9-14-8-21-10-17-14/h4-8,10-11,15H,9H2,1-3H3. The zero-order valence-electron chi connectivity index (χ0n) is 12.7. The second-order valence-corrected chi connectivity index (χ2v) is 8.24. The number of halogens is 1. The molecule has 0 fully saturated rings. The van der Waals surface area contributed by atoms with E-state index in [1.54, 1.807) is 30.1 Å². The maximum absolute atomic E-state index is 13.1. The molecule has 22 heavy (non-hydrogen) atoms. The lowest BCUT2D eigenvalue weighted by atomic mass is 9.96. The lowest BCUT2D eigenvalue weighted by Crippen LogP contribution is -2.35. The molecule has 0 aliphatic heterocycles. The fourth-order valence-corrected chi connectivity index (χ4v) is 4.56. The Hall–Kier alpha value is -1.31. The van der Waals surface area contributed by atoms with Crippen LogP contribution >= 0.6 is 11.3 Å². The number of thiazole rings is 1. The summed E-state index contributed by atoms with van der Waals surface area (Å²) in [6, 6.07) is 5.63. The van der Waals surface area contributed by atoms with Crippen LogP contribution in [0.2, 0.25) is 0 Å². The Morgan fingerprint density at radius 2 is 1.91 bits per heavy atom. The molecule has 0 radical (unpaired) electrons. The first kappa shape index (κ1) is 17.1. The quantitative estimate of drug-likeness (QED) is 0.808. The topological polar surface area (TPSA) is 50.3 Å². The van der Waals surface area contributed by atoms with Crippen LogP contribution in [0.15, 0.2) is 35.2 Å². The smallest absolute Gasteiger partial charge is 0.220 e. The molecule has 0 N–H and O–H groups in total. The molecule has 120 valence electrons. The molecule has 0 spiro atoms. The number of sulfonamides is 1. The lowest BCUT2D eigenvalue weighted by molar-refractivity contribution is 0.300. The summed E-state index contributed by atoms with van der Waals surface area (Å²) in [4.78, 5) is 4.04. The third-order valence-corrected chi connectivity index (χ3v) is 5.89. The van der Waals surface area contributed by atoms with Crippen molar-refractivity contribution in [3.05, 3.63) is 52.2 Å². The van der Waals surface area contributed by atoms with Gasteiger partial charge in [-0.2, -0.15) is 4.31 Å². The second kappa shape index (κ2) is 6.85. The third kappa shape index (κ3) is 3.91. The van der Waals surface area contributed by atoms with Gasteiger partial charge in [0, 0.05) is 12.4 Å². The van der Waals surface area contributed by atoms with Gasteiger partial charge in [0.15, 0.2) is 0 Å². The van der Waals surface area contributed by atoms with Crippen LogP contribution in [-0.4, -0.2) is 24.8 Å². The summed E-state index contributed by atoms with van der Waals surface area (Å²) in [6.45, 7) is 3.89. The monoisotopic (exact) mass is 342 g/mol. The largest absolute Gasteiger partial charge is 0.249 e. The van der Waals surface area contributed by atoms with Crippen LogP contribution in [0.3, 0.4) is 0 Å². The van der Waals surface area contributed by atoms with Crippen molar-refractivity contribution >= 4 is 21.4 Å². The lowest BCUT2D eigenvalue weighted by Gasteiger charge is -2.30. The van der Waals surface area contributed by atoms with E-state index in [1.165, 1.54) is 27.8 Å². The minimum atomic E-state index is -3.50. The Balaban J connectivity index is 2.29. The molecule has 2 rings (SSSR count). The molecule has 7 heteroatoms.